The number of likely N-dealkylation sites (tertiary alicyclic amines) is 1. The summed E-state index contributed by atoms with van der Waals surface area (Å²) >= 11 is 0. The van der Waals surface area contributed by atoms with Crippen LogP contribution < -0.4 is 0 Å². The quantitative estimate of drug-likeness (QED) is 0.211. The monoisotopic (exact) mass is 640 g/mol. The van der Waals surface area contributed by atoms with Crippen LogP contribution in [0.1, 0.15) is 38.1 Å². The number of alkyl halides is 1. The molecular weight excluding hydrogens is 595 g/mol. The minimum Gasteiger partial charge on any atom is -0.450 e. The molecule has 0 spiro atoms. The first-order valence-electron chi connectivity index (χ1n) is 15.4. The van der Waals surface area contributed by atoms with Crippen LogP contribution in [0, 0.1) is 29.9 Å². The fourth-order valence-electron chi connectivity index (χ4n) is 5.90. The lowest BCUT2D eigenvalue weighted by atomic mass is 9.82. The molecular formula is C35H45F3N3O3Si. The molecule has 0 saturated carbocycles. The third-order valence-electron chi connectivity index (χ3n) is 8.23. The lowest BCUT2D eigenvalue weighted by Crippen LogP contribution is -2.45. The molecule has 2 aromatic carbocycles. The van der Waals surface area contributed by atoms with Gasteiger partial charge < -0.3 is 19.1 Å². The molecule has 0 unspecified atom stereocenters. The molecule has 1 radical (unpaired) electrons. The Labute approximate surface area is 266 Å². The molecule has 45 heavy (non-hydrogen) atoms. The Morgan fingerprint density at radius 2 is 1.76 bits per heavy atom. The van der Waals surface area contributed by atoms with E-state index >= 15 is 4.39 Å². The molecule has 0 aliphatic carbocycles. The number of amides is 2. The maximum atomic E-state index is 15.5. The van der Waals surface area contributed by atoms with Crippen molar-refractivity contribution in [2.75, 3.05) is 26.2 Å². The summed E-state index contributed by atoms with van der Waals surface area (Å²) in [6, 6.07) is 15.0. The van der Waals surface area contributed by atoms with E-state index < -0.39 is 55.3 Å². The third-order valence-corrected chi connectivity index (χ3v) is 9.93. The van der Waals surface area contributed by atoms with E-state index in [2.05, 4.69) is 26.6 Å². The molecule has 2 heterocycles. The van der Waals surface area contributed by atoms with E-state index in [4.69, 9.17) is 4.74 Å². The number of hydrogen-bond donors (Lipinski definition) is 0. The van der Waals surface area contributed by atoms with E-state index in [9.17, 15) is 18.4 Å². The second kappa shape index (κ2) is 13.8. The predicted molar refractivity (Wildman–Crippen MR) is 174 cm³/mol. The standard InChI is InChI=1S/C35H45F3N3O3Si/c1-24(42)41(22-27-21-40(23-31(27)38)34(43)44-15-16-45(5,6)7)33(35(2,3)4)32-17-26(29-18-28(36)13-14-30(29)37)20-39(32)19-25-11-9-8-10-12-25/h8-14,17-18,20,27,31,33H,1,15-16,19,21-23H2,2-7H3/t27-,31-,33-/m0/s1. The van der Waals surface area contributed by atoms with Crippen molar-refractivity contribution in [1.82, 2.24) is 14.4 Å². The summed E-state index contributed by atoms with van der Waals surface area (Å²) in [5.41, 5.74) is 1.64. The molecule has 3 aromatic rings. The summed E-state index contributed by atoms with van der Waals surface area (Å²) in [6.07, 6.45) is -0.141. The zero-order valence-corrected chi connectivity index (χ0v) is 28.2. The van der Waals surface area contributed by atoms with Gasteiger partial charge in [0.2, 0.25) is 5.91 Å². The van der Waals surface area contributed by atoms with Gasteiger partial charge in [-0.25, -0.2) is 18.0 Å². The molecule has 1 aliphatic rings. The lowest BCUT2D eigenvalue weighted by Gasteiger charge is -2.41. The molecule has 0 N–H and O–H groups in total. The second-order valence-electron chi connectivity index (χ2n) is 14.3. The smallest absolute Gasteiger partial charge is 0.409 e. The summed E-state index contributed by atoms with van der Waals surface area (Å²) in [7, 11) is -1.41. The fourth-order valence-corrected chi connectivity index (χ4v) is 6.62. The molecule has 1 fully saturated rings. The molecule has 1 saturated heterocycles. The first-order chi connectivity index (χ1) is 21.0. The Morgan fingerprint density at radius 1 is 1.07 bits per heavy atom. The summed E-state index contributed by atoms with van der Waals surface area (Å²) < 4.78 is 52.1. The maximum Gasteiger partial charge on any atom is 0.409 e. The van der Waals surface area contributed by atoms with E-state index in [1.54, 1.807) is 17.2 Å². The van der Waals surface area contributed by atoms with E-state index in [1.165, 1.54) is 4.90 Å². The predicted octanol–water partition coefficient (Wildman–Crippen LogP) is 7.98. The van der Waals surface area contributed by atoms with Crippen molar-refractivity contribution >= 4 is 20.1 Å². The Morgan fingerprint density at radius 3 is 2.38 bits per heavy atom. The van der Waals surface area contributed by atoms with Crippen molar-refractivity contribution in [2.24, 2.45) is 11.3 Å². The Hall–Kier alpha value is -3.53. The number of rotatable bonds is 10. The van der Waals surface area contributed by atoms with Gasteiger partial charge in [-0.1, -0.05) is 70.7 Å². The number of hydrogen-bond acceptors (Lipinski definition) is 3. The third kappa shape index (κ3) is 8.80. The number of aromatic nitrogens is 1. The molecule has 0 bridgehead atoms. The number of halogens is 3. The summed E-state index contributed by atoms with van der Waals surface area (Å²) in [5, 5.41) is 0. The highest BCUT2D eigenvalue weighted by Crippen LogP contribution is 2.42. The zero-order valence-electron chi connectivity index (χ0n) is 27.2. The van der Waals surface area contributed by atoms with Gasteiger partial charge in [0.1, 0.15) is 17.8 Å². The van der Waals surface area contributed by atoms with Gasteiger partial charge in [-0.15, -0.1) is 0 Å². The summed E-state index contributed by atoms with van der Waals surface area (Å²) in [6.45, 7) is 16.9. The first-order valence-corrected chi connectivity index (χ1v) is 19.1. The van der Waals surface area contributed by atoms with Gasteiger partial charge in [0.15, 0.2) is 0 Å². The molecule has 6 nitrogen and oxygen atoms in total. The maximum absolute atomic E-state index is 15.5. The van der Waals surface area contributed by atoms with Gasteiger partial charge in [0, 0.05) is 63.6 Å². The number of carbonyl (C=O) groups excluding carboxylic acids is 2. The largest absolute Gasteiger partial charge is 0.450 e. The van der Waals surface area contributed by atoms with Crippen LogP contribution in [0.3, 0.4) is 0 Å². The highest BCUT2D eigenvalue weighted by Gasteiger charge is 2.42. The number of carbonyl (C=O) groups is 2. The molecule has 243 valence electrons. The normalized spacial score (nSPS) is 17.8. The zero-order chi connectivity index (χ0) is 33.1. The summed E-state index contributed by atoms with van der Waals surface area (Å²) in [4.78, 5) is 29.0. The van der Waals surface area contributed by atoms with Crippen LogP contribution in [0.2, 0.25) is 25.7 Å². The topological polar surface area (TPSA) is 54.8 Å². The van der Waals surface area contributed by atoms with Crippen molar-refractivity contribution in [1.29, 1.82) is 0 Å². The Bertz CT molecular complexity index is 1480. The van der Waals surface area contributed by atoms with Gasteiger partial charge in [0.25, 0.3) is 0 Å². The van der Waals surface area contributed by atoms with Gasteiger partial charge in [-0.05, 0) is 41.3 Å². The number of ether oxygens (including phenoxy) is 1. The molecule has 4 rings (SSSR count). The van der Waals surface area contributed by atoms with Crippen LogP contribution in [-0.4, -0.2) is 66.9 Å². The average Bonchev–Trinajstić information content (AvgIpc) is 3.51. The van der Waals surface area contributed by atoms with E-state index in [0.29, 0.717) is 24.4 Å². The molecule has 10 heteroatoms. The number of benzene rings is 2. The van der Waals surface area contributed by atoms with Crippen molar-refractivity contribution < 1.29 is 27.5 Å². The average molecular weight is 641 g/mol. The van der Waals surface area contributed by atoms with Crippen LogP contribution >= 0.6 is 0 Å². The SMILES string of the molecule is [CH2]C(=O)N(C[C@@H]1CN(C(=O)OCC[Si](C)(C)C)C[C@@H]1F)[C@@H](c1cc(-c2cc(F)ccc2F)cn1Cc1ccccc1)C(C)(C)C. The van der Waals surface area contributed by atoms with Crippen molar-refractivity contribution in [3.8, 4) is 11.1 Å². The van der Waals surface area contributed by atoms with Crippen molar-refractivity contribution in [3.05, 3.63) is 90.6 Å². The Balaban J connectivity index is 1.68. The molecule has 1 aromatic heterocycles. The molecule has 2 amide bonds. The van der Waals surface area contributed by atoms with Crippen molar-refractivity contribution in [2.45, 2.75) is 65.2 Å². The molecule has 1 aliphatic heterocycles. The second-order valence-corrected chi connectivity index (χ2v) is 19.9. The molecule has 3 atom stereocenters. The van der Waals surface area contributed by atoms with Crippen LogP contribution in [-0.2, 0) is 16.1 Å². The van der Waals surface area contributed by atoms with Crippen molar-refractivity contribution in [3.63, 3.8) is 0 Å². The minimum atomic E-state index is -1.41. The minimum absolute atomic E-state index is 0.0182. The van der Waals surface area contributed by atoms with E-state index in [0.717, 1.165) is 29.8 Å². The van der Waals surface area contributed by atoms with Gasteiger partial charge in [0.05, 0.1) is 19.2 Å². The van der Waals surface area contributed by atoms with Crippen LogP contribution in [0.25, 0.3) is 11.1 Å². The van der Waals surface area contributed by atoms with E-state index in [-0.39, 0.29) is 25.2 Å². The van der Waals surface area contributed by atoms with Crippen LogP contribution in [0.5, 0.6) is 0 Å². The van der Waals surface area contributed by atoms with E-state index in [1.807, 2.05) is 55.7 Å². The number of nitrogens with zero attached hydrogens (tertiary/aromatic N) is 3. The van der Waals surface area contributed by atoms with Crippen LogP contribution in [0.4, 0.5) is 18.0 Å². The lowest BCUT2D eigenvalue weighted by molar-refractivity contribution is -0.132. The van der Waals surface area contributed by atoms with Gasteiger partial charge in [-0.3, -0.25) is 4.79 Å². The van der Waals surface area contributed by atoms with Gasteiger partial charge in [-0.2, -0.15) is 0 Å². The summed E-state index contributed by atoms with van der Waals surface area (Å²) in [5.74, 6) is -2.28. The highest BCUT2D eigenvalue weighted by molar-refractivity contribution is 6.76. The highest BCUT2D eigenvalue weighted by atomic mass is 28.3. The van der Waals surface area contributed by atoms with Gasteiger partial charge >= 0.3 is 6.09 Å². The first kappa shape index (κ1) is 34.3. The Kier molecular flexibility index (Phi) is 10.6. The van der Waals surface area contributed by atoms with Crippen LogP contribution in [0.15, 0.2) is 60.8 Å². The fraction of sp³-hybridized carbons (Fsp3) is 0.457.